The summed E-state index contributed by atoms with van der Waals surface area (Å²) in [5, 5.41) is 0. The summed E-state index contributed by atoms with van der Waals surface area (Å²) in [6.07, 6.45) is 4.95. The highest BCUT2D eigenvalue weighted by molar-refractivity contribution is 7.89. The van der Waals surface area contributed by atoms with E-state index >= 15 is 0 Å². The number of unbranched alkanes of at least 4 members (excludes halogenated alkanes) is 1. The molecule has 80 valence electrons. The molecule has 1 rings (SSSR count). The van der Waals surface area contributed by atoms with Gasteiger partial charge < -0.3 is 0 Å². The molecular weight excluding hydrogens is 200 g/mol. The molecule has 0 bridgehead atoms. The minimum absolute atomic E-state index is 0.221. The number of aromatic nitrogens is 2. The quantitative estimate of drug-likeness (QED) is 0.693. The molecule has 0 radical (unpaired) electrons. The van der Waals surface area contributed by atoms with E-state index in [0.717, 1.165) is 12.2 Å². The molecular formula is C9H17N2O2S+. The van der Waals surface area contributed by atoms with Gasteiger partial charge in [0.05, 0.1) is 12.8 Å². The van der Waals surface area contributed by atoms with Crippen molar-refractivity contribution < 1.29 is 13.0 Å². The number of hydrogen-bond acceptors (Lipinski definition) is 2. The number of hydrogen-bond donors (Lipinski definition) is 0. The van der Waals surface area contributed by atoms with Crippen molar-refractivity contribution in [3.8, 4) is 0 Å². The molecule has 0 saturated heterocycles. The van der Waals surface area contributed by atoms with Gasteiger partial charge in [-0.3, -0.25) is 0 Å². The number of nitrogens with zero attached hydrogens (tertiary/aromatic N) is 2. The van der Waals surface area contributed by atoms with Crippen LogP contribution in [0.3, 0.4) is 0 Å². The van der Waals surface area contributed by atoms with E-state index in [2.05, 4.69) is 0 Å². The molecule has 0 amide bonds. The van der Waals surface area contributed by atoms with E-state index in [1.807, 2.05) is 14.0 Å². The highest BCUT2D eigenvalue weighted by atomic mass is 32.2. The largest absolute Gasteiger partial charge is 0.305 e. The van der Waals surface area contributed by atoms with Crippen molar-refractivity contribution >= 4 is 10.0 Å². The third-order valence-electron chi connectivity index (χ3n) is 2.31. The number of rotatable bonds is 4. The number of imidazole rings is 1. The van der Waals surface area contributed by atoms with Gasteiger partial charge >= 0.3 is 10.0 Å². The minimum atomic E-state index is -3.14. The van der Waals surface area contributed by atoms with Crippen LogP contribution in [0.25, 0.3) is 0 Å². The van der Waals surface area contributed by atoms with Crippen LogP contribution in [0.5, 0.6) is 0 Å². The second-order valence-electron chi connectivity index (χ2n) is 3.42. The van der Waals surface area contributed by atoms with Gasteiger partial charge in [0.25, 0.3) is 5.82 Å². The van der Waals surface area contributed by atoms with Crippen LogP contribution in [0, 0.1) is 6.92 Å². The summed E-state index contributed by atoms with van der Waals surface area (Å²) in [4.78, 5) is 0. The summed E-state index contributed by atoms with van der Waals surface area (Å²) in [7, 11) is -1.30. The molecule has 1 heterocycles. The van der Waals surface area contributed by atoms with Crippen LogP contribution in [0.1, 0.15) is 25.6 Å². The first-order valence-corrected chi connectivity index (χ1v) is 6.37. The van der Waals surface area contributed by atoms with E-state index in [1.54, 1.807) is 23.9 Å². The molecule has 0 aliphatic carbocycles. The van der Waals surface area contributed by atoms with Crippen molar-refractivity contribution in [1.82, 2.24) is 3.97 Å². The molecule has 0 fully saturated rings. The Balaban J connectivity index is 2.99. The first kappa shape index (κ1) is 11.2. The lowest BCUT2D eigenvalue weighted by Crippen LogP contribution is -2.31. The fraction of sp³-hybridized carbons (Fsp3) is 0.667. The molecule has 5 heteroatoms. The van der Waals surface area contributed by atoms with Crippen molar-refractivity contribution in [2.24, 2.45) is 7.05 Å². The van der Waals surface area contributed by atoms with Crippen molar-refractivity contribution in [2.45, 2.75) is 26.7 Å². The Hall–Kier alpha value is -0.840. The van der Waals surface area contributed by atoms with E-state index in [9.17, 15) is 8.42 Å². The van der Waals surface area contributed by atoms with E-state index in [-0.39, 0.29) is 5.75 Å². The molecule has 1 aromatic rings. The third kappa shape index (κ3) is 2.15. The van der Waals surface area contributed by atoms with Crippen LogP contribution in [-0.4, -0.2) is 18.1 Å². The molecule has 0 N–H and O–H groups in total. The van der Waals surface area contributed by atoms with Crippen LogP contribution < -0.4 is 4.57 Å². The average Bonchev–Trinajstić information content (AvgIpc) is 2.45. The van der Waals surface area contributed by atoms with Gasteiger partial charge in [-0.05, 0) is 6.42 Å². The fourth-order valence-electron chi connectivity index (χ4n) is 1.25. The van der Waals surface area contributed by atoms with Gasteiger partial charge in [0.1, 0.15) is 12.4 Å². The Labute approximate surface area is 85.2 Å². The Kier molecular flexibility index (Phi) is 3.31. The summed E-state index contributed by atoms with van der Waals surface area (Å²) in [6.45, 7) is 3.78. The van der Waals surface area contributed by atoms with Crippen LogP contribution >= 0.6 is 0 Å². The number of aryl methyl sites for hydroxylation is 1. The lowest BCUT2D eigenvalue weighted by atomic mass is 10.4. The summed E-state index contributed by atoms with van der Waals surface area (Å²) in [6, 6.07) is 0. The van der Waals surface area contributed by atoms with E-state index in [0.29, 0.717) is 6.42 Å². The maximum Gasteiger partial charge on any atom is 0.305 e. The summed E-state index contributed by atoms with van der Waals surface area (Å²) in [5.41, 5.74) is 0. The Morgan fingerprint density at radius 2 is 2.14 bits per heavy atom. The van der Waals surface area contributed by atoms with Gasteiger partial charge in [0.15, 0.2) is 0 Å². The molecule has 1 aromatic heterocycles. The summed E-state index contributed by atoms with van der Waals surface area (Å²) in [5.74, 6) is 0.958. The van der Waals surface area contributed by atoms with Crippen molar-refractivity contribution in [3.05, 3.63) is 18.2 Å². The summed E-state index contributed by atoms with van der Waals surface area (Å²) >= 11 is 0. The molecule has 0 atom stereocenters. The maximum atomic E-state index is 11.8. The van der Waals surface area contributed by atoms with Gasteiger partial charge in [-0.1, -0.05) is 13.3 Å². The molecule has 0 aliphatic heterocycles. The zero-order valence-corrected chi connectivity index (χ0v) is 9.71. The van der Waals surface area contributed by atoms with E-state index < -0.39 is 10.0 Å². The Morgan fingerprint density at radius 3 is 2.57 bits per heavy atom. The van der Waals surface area contributed by atoms with Crippen molar-refractivity contribution in [1.29, 1.82) is 0 Å². The Morgan fingerprint density at radius 1 is 1.50 bits per heavy atom. The zero-order valence-electron chi connectivity index (χ0n) is 8.90. The summed E-state index contributed by atoms with van der Waals surface area (Å²) < 4.78 is 26.7. The van der Waals surface area contributed by atoms with Crippen LogP contribution in [0.2, 0.25) is 0 Å². The minimum Gasteiger partial charge on any atom is -0.236 e. The topological polar surface area (TPSA) is 43.0 Å². The standard InChI is InChI=1S/C9H17N2O2S/c1-4-5-8-14(12,13)11-7-6-10(3)9(11)2/h6-7H,4-5,8H2,1-3H3/q+1. The highest BCUT2D eigenvalue weighted by Gasteiger charge is 2.22. The zero-order chi connectivity index (χ0) is 10.8. The van der Waals surface area contributed by atoms with Gasteiger partial charge in [-0.2, -0.15) is 8.42 Å². The average molecular weight is 217 g/mol. The SMILES string of the molecule is CCCCS(=O)(=O)n1cc[n+](C)c1C. The van der Waals surface area contributed by atoms with Crippen LogP contribution in [0.4, 0.5) is 0 Å². The van der Waals surface area contributed by atoms with Gasteiger partial charge in [0.2, 0.25) is 0 Å². The van der Waals surface area contributed by atoms with Crippen LogP contribution in [0.15, 0.2) is 12.4 Å². The first-order chi connectivity index (χ1) is 6.49. The monoisotopic (exact) mass is 217 g/mol. The smallest absolute Gasteiger partial charge is 0.236 e. The molecule has 14 heavy (non-hydrogen) atoms. The lowest BCUT2D eigenvalue weighted by molar-refractivity contribution is -0.676. The molecule has 4 nitrogen and oxygen atoms in total. The molecule has 0 aromatic carbocycles. The molecule has 0 aliphatic rings. The van der Waals surface area contributed by atoms with E-state index in [4.69, 9.17) is 0 Å². The lowest BCUT2D eigenvalue weighted by Gasteiger charge is -1.99. The molecule has 0 spiro atoms. The second-order valence-corrected chi connectivity index (χ2v) is 5.39. The fourth-order valence-corrected chi connectivity index (χ4v) is 2.87. The normalized spacial score (nSPS) is 11.9. The predicted molar refractivity (Wildman–Crippen MR) is 54.4 cm³/mol. The van der Waals surface area contributed by atoms with Gasteiger partial charge in [-0.15, -0.1) is 3.97 Å². The predicted octanol–water partition coefficient (Wildman–Crippen LogP) is 0.599. The molecule has 0 unspecified atom stereocenters. The van der Waals surface area contributed by atoms with E-state index in [1.165, 1.54) is 3.97 Å². The van der Waals surface area contributed by atoms with Gasteiger partial charge in [-0.25, -0.2) is 4.57 Å². The van der Waals surface area contributed by atoms with Gasteiger partial charge in [0, 0.05) is 6.92 Å². The third-order valence-corrected chi connectivity index (χ3v) is 4.10. The van der Waals surface area contributed by atoms with Crippen LogP contribution in [-0.2, 0) is 17.1 Å². The second kappa shape index (κ2) is 4.13. The first-order valence-electron chi connectivity index (χ1n) is 4.76. The highest BCUT2D eigenvalue weighted by Crippen LogP contribution is 2.03. The Bertz CT molecular complexity index is 406. The maximum absolute atomic E-state index is 11.8. The molecule has 0 saturated carbocycles. The van der Waals surface area contributed by atoms with Crippen molar-refractivity contribution in [2.75, 3.05) is 5.75 Å². The van der Waals surface area contributed by atoms with Crippen molar-refractivity contribution in [3.63, 3.8) is 0 Å².